The normalized spacial score (nSPS) is 14.6. The predicted molar refractivity (Wildman–Crippen MR) is 240 cm³/mol. The van der Waals surface area contributed by atoms with Gasteiger partial charge in [0.2, 0.25) is 5.91 Å². The molecule has 3 unspecified atom stereocenters. The van der Waals surface area contributed by atoms with E-state index in [-0.39, 0.29) is 19.1 Å². The molecule has 3 N–H and O–H groups in total. The molecule has 0 saturated carbocycles. The van der Waals surface area contributed by atoms with Crippen LogP contribution in [0.25, 0.3) is 0 Å². The van der Waals surface area contributed by atoms with Gasteiger partial charge < -0.3 is 19.8 Å². The van der Waals surface area contributed by atoms with Crippen molar-refractivity contribution in [1.29, 1.82) is 0 Å². The highest BCUT2D eigenvalue weighted by Crippen LogP contribution is 2.43. The molecule has 0 aromatic carbocycles. The third kappa shape index (κ3) is 40.9. The second kappa shape index (κ2) is 39.2. The number of hydrogen-bond donors (Lipinski definition) is 3. The average molecular weight is 812 g/mol. The molecule has 0 fully saturated rings. The number of phosphoric ester groups is 1. The summed E-state index contributed by atoms with van der Waals surface area (Å²) in [5, 5.41) is 13.8. The maximum atomic E-state index is 12.9. The van der Waals surface area contributed by atoms with Crippen LogP contribution >= 0.6 is 7.82 Å². The Hall–Kier alpha value is -1.28. The molecule has 0 aliphatic rings. The van der Waals surface area contributed by atoms with E-state index < -0.39 is 20.0 Å². The number of allylic oxidation sites excluding steroid dienone is 5. The largest absolute Gasteiger partial charge is 0.472 e. The number of likely N-dealkylation sites (N-methyl/N-ethyl adjacent to an activating group) is 1. The Labute approximate surface area is 347 Å². The Morgan fingerprint density at radius 3 is 1.43 bits per heavy atom. The topological polar surface area (TPSA) is 105 Å². The van der Waals surface area contributed by atoms with Crippen molar-refractivity contribution in [3.8, 4) is 0 Å². The monoisotopic (exact) mass is 812 g/mol. The number of rotatable bonds is 42. The maximum Gasteiger partial charge on any atom is 0.472 e. The number of aliphatic hydroxyl groups is 1. The van der Waals surface area contributed by atoms with Gasteiger partial charge in [0.15, 0.2) is 0 Å². The molecule has 9 heteroatoms. The van der Waals surface area contributed by atoms with Gasteiger partial charge in [0, 0.05) is 6.42 Å². The zero-order chi connectivity index (χ0) is 41.4. The van der Waals surface area contributed by atoms with Crippen LogP contribution in [0.2, 0.25) is 0 Å². The van der Waals surface area contributed by atoms with Crippen LogP contribution in [0.15, 0.2) is 36.5 Å². The van der Waals surface area contributed by atoms with E-state index in [0.717, 1.165) is 44.9 Å². The van der Waals surface area contributed by atoms with Gasteiger partial charge in [-0.1, -0.05) is 192 Å². The molecule has 0 radical (unpaired) electrons. The van der Waals surface area contributed by atoms with E-state index in [1.807, 2.05) is 27.2 Å². The third-order valence-electron chi connectivity index (χ3n) is 10.3. The first-order valence-corrected chi connectivity index (χ1v) is 24.9. The summed E-state index contributed by atoms with van der Waals surface area (Å²) >= 11 is 0. The molecular weight excluding hydrogens is 719 g/mol. The molecule has 0 bridgehead atoms. The lowest BCUT2D eigenvalue weighted by molar-refractivity contribution is -0.870. The summed E-state index contributed by atoms with van der Waals surface area (Å²) in [6, 6.07) is -0.865. The highest BCUT2D eigenvalue weighted by molar-refractivity contribution is 7.47. The molecule has 8 nitrogen and oxygen atoms in total. The molecule has 3 atom stereocenters. The quantitative estimate of drug-likeness (QED) is 0.0245. The zero-order valence-electron chi connectivity index (χ0n) is 37.4. The van der Waals surface area contributed by atoms with Gasteiger partial charge in [0.1, 0.15) is 13.2 Å². The summed E-state index contributed by atoms with van der Waals surface area (Å²) in [6.07, 6.45) is 47.9. The molecule has 56 heavy (non-hydrogen) atoms. The molecule has 330 valence electrons. The Balaban J connectivity index is 4.44. The number of nitrogens with zero attached hydrogens (tertiary/aromatic N) is 1. The molecule has 0 heterocycles. The Morgan fingerprint density at radius 2 is 0.982 bits per heavy atom. The molecule has 0 aliphatic heterocycles. The van der Waals surface area contributed by atoms with Crippen LogP contribution in [0.5, 0.6) is 0 Å². The fourth-order valence-corrected chi connectivity index (χ4v) is 7.34. The molecule has 1 amide bonds. The van der Waals surface area contributed by atoms with Gasteiger partial charge in [-0.05, 0) is 44.9 Å². The van der Waals surface area contributed by atoms with Gasteiger partial charge in [0.05, 0.1) is 39.9 Å². The molecule has 0 aromatic heterocycles. The Bertz CT molecular complexity index is 1010. The van der Waals surface area contributed by atoms with Gasteiger partial charge in [-0.25, -0.2) is 4.57 Å². The van der Waals surface area contributed by atoms with Crippen LogP contribution in [-0.2, 0) is 18.4 Å². The van der Waals surface area contributed by atoms with E-state index in [1.54, 1.807) is 6.08 Å². The van der Waals surface area contributed by atoms with E-state index in [1.165, 1.54) is 141 Å². The second-order valence-electron chi connectivity index (χ2n) is 17.1. The highest BCUT2D eigenvalue weighted by Gasteiger charge is 2.27. The second-order valence-corrected chi connectivity index (χ2v) is 18.6. The SMILES string of the molecule is CCCCCCCCCCCCC/C=C/CC/C=C/CC/C=C/C(O)C(COP(=O)(O)OCC[N+](C)(C)C)NC(=O)CCCCCCCCCCCCCCC. The van der Waals surface area contributed by atoms with Crippen molar-refractivity contribution in [2.24, 2.45) is 0 Å². The fraction of sp³-hybridized carbons (Fsp3) is 0.851. The van der Waals surface area contributed by atoms with Crippen LogP contribution < -0.4 is 5.32 Å². The standard InChI is InChI=1S/C47H91N2O6P/c1-6-8-10-12-14-16-18-20-21-22-23-24-25-26-27-29-30-32-34-36-38-40-46(50)45(44-55-56(52,53)54-43-42-49(3,4)5)48-47(51)41-39-37-35-33-31-28-19-17-15-13-11-9-7-2/h25-26,30,32,38,40,45-46,50H,6-24,27-29,31,33-37,39,41-44H2,1-5H3,(H-,48,51,52,53)/p+1/b26-25+,32-30+,40-38+. The first-order valence-electron chi connectivity index (χ1n) is 23.4. The number of quaternary nitrogens is 1. The van der Waals surface area contributed by atoms with Crippen LogP contribution in [0.4, 0.5) is 0 Å². The van der Waals surface area contributed by atoms with Gasteiger partial charge in [0.25, 0.3) is 0 Å². The van der Waals surface area contributed by atoms with Crippen LogP contribution in [-0.4, -0.2) is 73.4 Å². The highest BCUT2D eigenvalue weighted by atomic mass is 31.2. The van der Waals surface area contributed by atoms with E-state index >= 15 is 0 Å². The van der Waals surface area contributed by atoms with Crippen molar-refractivity contribution in [2.75, 3.05) is 40.9 Å². The van der Waals surface area contributed by atoms with E-state index in [0.29, 0.717) is 17.4 Å². The maximum absolute atomic E-state index is 12.9. The van der Waals surface area contributed by atoms with E-state index in [2.05, 4.69) is 43.5 Å². The minimum absolute atomic E-state index is 0.0546. The van der Waals surface area contributed by atoms with Crippen molar-refractivity contribution in [3.05, 3.63) is 36.5 Å². The number of carbonyl (C=O) groups excluding carboxylic acids is 1. The number of nitrogens with one attached hydrogen (secondary N) is 1. The summed E-state index contributed by atoms with van der Waals surface area (Å²) in [7, 11) is 1.55. The van der Waals surface area contributed by atoms with Crippen LogP contribution in [0, 0.1) is 0 Å². The summed E-state index contributed by atoms with van der Waals surface area (Å²) < 4.78 is 23.5. The van der Waals surface area contributed by atoms with Crippen molar-refractivity contribution in [2.45, 2.75) is 219 Å². The van der Waals surface area contributed by atoms with Crippen molar-refractivity contribution >= 4 is 13.7 Å². The van der Waals surface area contributed by atoms with Crippen molar-refractivity contribution in [3.63, 3.8) is 0 Å². The van der Waals surface area contributed by atoms with Crippen molar-refractivity contribution < 1.29 is 32.9 Å². The number of hydrogen-bond acceptors (Lipinski definition) is 5. The van der Waals surface area contributed by atoms with Gasteiger partial charge in [-0.3, -0.25) is 13.8 Å². The van der Waals surface area contributed by atoms with Gasteiger partial charge >= 0.3 is 7.82 Å². The lowest BCUT2D eigenvalue weighted by atomic mass is 10.0. The molecule has 0 rings (SSSR count). The summed E-state index contributed by atoms with van der Waals surface area (Å²) in [6.45, 7) is 4.78. The molecule has 0 aromatic rings. The zero-order valence-corrected chi connectivity index (χ0v) is 38.3. The summed E-state index contributed by atoms with van der Waals surface area (Å²) in [5.74, 6) is -0.191. The lowest BCUT2D eigenvalue weighted by Gasteiger charge is -2.25. The first-order chi connectivity index (χ1) is 27.0. The van der Waals surface area contributed by atoms with Gasteiger partial charge in [-0.15, -0.1) is 0 Å². The number of carbonyl (C=O) groups is 1. The van der Waals surface area contributed by atoms with Crippen LogP contribution in [0.1, 0.15) is 206 Å². The first kappa shape index (κ1) is 54.7. The van der Waals surface area contributed by atoms with E-state index in [4.69, 9.17) is 9.05 Å². The molecule has 0 saturated heterocycles. The lowest BCUT2D eigenvalue weighted by Crippen LogP contribution is -2.45. The molecular formula is C47H92N2O6P+. The fourth-order valence-electron chi connectivity index (χ4n) is 6.60. The van der Waals surface area contributed by atoms with Gasteiger partial charge in [-0.2, -0.15) is 0 Å². The summed E-state index contributed by atoms with van der Waals surface area (Å²) in [5.41, 5.74) is 0. The smallest absolute Gasteiger partial charge is 0.387 e. The van der Waals surface area contributed by atoms with Crippen molar-refractivity contribution in [1.82, 2.24) is 5.32 Å². The summed E-state index contributed by atoms with van der Waals surface area (Å²) in [4.78, 5) is 23.1. The van der Waals surface area contributed by atoms with E-state index in [9.17, 15) is 19.4 Å². The number of phosphoric acid groups is 1. The molecule has 0 aliphatic carbocycles. The third-order valence-corrected chi connectivity index (χ3v) is 11.3. The number of amides is 1. The minimum Gasteiger partial charge on any atom is -0.387 e. The predicted octanol–water partition coefficient (Wildman–Crippen LogP) is 13.1. The minimum atomic E-state index is -4.35. The number of unbranched alkanes of at least 4 members (excludes halogenated alkanes) is 25. The number of aliphatic hydroxyl groups excluding tert-OH is 1. The average Bonchev–Trinajstić information content (AvgIpc) is 3.15. The Kier molecular flexibility index (Phi) is 38.3. The molecule has 0 spiro atoms. The Morgan fingerprint density at radius 1 is 0.589 bits per heavy atom. The van der Waals surface area contributed by atoms with Crippen LogP contribution in [0.3, 0.4) is 0 Å².